The minimum atomic E-state index is -0.474. The van der Waals surface area contributed by atoms with Crippen molar-refractivity contribution in [1.29, 1.82) is 0 Å². The van der Waals surface area contributed by atoms with Crippen LogP contribution in [0.2, 0.25) is 0 Å². The Hall–Kier alpha value is -7.11. The number of ether oxygens (including phenoxy) is 4. The number of nitrogens with one attached hydrogen (secondary N) is 1. The van der Waals surface area contributed by atoms with Gasteiger partial charge in [-0.3, -0.25) is 25.0 Å². The monoisotopic (exact) mass is 994 g/mol. The molecule has 17 nitrogen and oxygen atoms in total. The summed E-state index contributed by atoms with van der Waals surface area (Å²) in [5.74, 6) is 1.29. The van der Waals surface area contributed by atoms with Crippen molar-refractivity contribution in [2.75, 3.05) is 23.4 Å². The molecule has 4 aliphatic heterocycles. The summed E-state index contributed by atoms with van der Waals surface area (Å²) < 4.78 is 27.8. The average Bonchev–Trinajstić information content (AvgIpc) is 4.19. The van der Waals surface area contributed by atoms with Crippen molar-refractivity contribution in [3.8, 4) is 34.0 Å². The molecule has 0 aliphatic carbocycles. The van der Waals surface area contributed by atoms with E-state index < -0.39 is 5.60 Å². The molecule has 0 bridgehead atoms. The van der Waals surface area contributed by atoms with Crippen LogP contribution in [0.4, 0.5) is 22.7 Å². The summed E-state index contributed by atoms with van der Waals surface area (Å²) in [5, 5.41) is 37.0. The molecule has 2 saturated heterocycles. The molecule has 6 heterocycles. The number of benzene rings is 4. The van der Waals surface area contributed by atoms with Gasteiger partial charge in [0.25, 0.3) is 11.4 Å². The summed E-state index contributed by atoms with van der Waals surface area (Å²) in [6.07, 6.45) is 11.5. The lowest BCUT2D eigenvalue weighted by Gasteiger charge is -2.24. The van der Waals surface area contributed by atoms with E-state index in [0.717, 1.165) is 108 Å². The second-order valence-corrected chi connectivity index (χ2v) is 20.9. The Morgan fingerprint density at radius 3 is 1.56 bits per heavy atom. The summed E-state index contributed by atoms with van der Waals surface area (Å²) in [6, 6.07) is 19.5. The van der Waals surface area contributed by atoms with Crippen LogP contribution in [0.3, 0.4) is 0 Å². The molecule has 4 aromatic carbocycles. The molecule has 2 atom stereocenters. The summed E-state index contributed by atoms with van der Waals surface area (Å²) >= 11 is 0. The Morgan fingerprint density at radius 1 is 0.671 bits per heavy atom. The van der Waals surface area contributed by atoms with Crippen molar-refractivity contribution < 1.29 is 33.6 Å². The third kappa shape index (κ3) is 10.6. The van der Waals surface area contributed by atoms with E-state index in [9.17, 15) is 25.0 Å². The number of anilines is 2. The standard InChI is InChI=1S/C29H34N4O5.C27H32N4O4/c1-18-19(2)28-23(16-29(4,5)38-28)24(27(18)33(35)36)17-31(20(3)34)22-11-9-21(10-12-22)25-13-14-32(30-25)26-8-6-7-15-37-26;1-17-18(2)26-21(15-27(3,4)35-26)22(25(17)31(32)33)16-28-20-10-8-19(9-11-20)23-12-13-30(29-23)24-7-5-6-14-34-24/h9-14,26H,6-8,15-17H2,1-5H3;8-13,24,28H,5-7,14-16H2,1-4H3. The number of nitrogens with zero attached hydrogens (tertiary/aromatic N) is 7. The minimum Gasteiger partial charge on any atom is -0.487 e. The molecule has 2 aromatic heterocycles. The summed E-state index contributed by atoms with van der Waals surface area (Å²) in [7, 11) is 0. The van der Waals surface area contributed by atoms with E-state index in [-0.39, 0.29) is 51.7 Å². The summed E-state index contributed by atoms with van der Waals surface area (Å²) in [5.41, 5.74) is 10.4. The third-order valence-electron chi connectivity index (χ3n) is 14.6. The van der Waals surface area contributed by atoms with Crippen molar-refractivity contribution in [1.82, 2.24) is 19.6 Å². The van der Waals surface area contributed by atoms with Crippen molar-refractivity contribution in [2.45, 2.75) is 150 Å². The zero-order valence-corrected chi connectivity index (χ0v) is 43.4. The number of hydrogen-bond donors (Lipinski definition) is 1. The topological polar surface area (TPSA) is 191 Å². The molecule has 384 valence electrons. The average molecular weight is 995 g/mol. The van der Waals surface area contributed by atoms with Gasteiger partial charge in [0.15, 0.2) is 0 Å². The second kappa shape index (κ2) is 20.4. The number of amides is 1. The lowest BCUT2D eigenvalue weighted by molar-refractivity contribution is -0.386. The van der Waals surface area contributed by atoms with Gasteiger partial charge in [0.05, 0.1) is 38.9 Å². The van der Waals surface area contributed by atoms with Gasteiger partial charge in [-0.05, 0) is 130 Å². The zero-order chi connectivity index (χ0) is 51.9. The molecular formula is C56H66N8O9. The molecule has 73 heavy (non-hydrogen) atoms. The van der Waals surface area contributed by atoms with Crippen LogP contribution in [0.1, 0.15) is 130 Å². The zero-order valence-electron chi connectivity index (χ0n) is 43.4. The van der Waals surface area contributed by atoms with Gasteiger partial charge in [0, 0.05) is 108 Å². The van der Waals surface area contributed by atoms with Crippen molar-refractivity contribution >= 4 is 28.7 Å². The Bertz CT molecular complexity index is 3050. The molecule has 4 aliphatic rings. The Balaban J connectivity index is 0.000000180. The van der Waals surface area contributed by atoms with Crippen LogP contribution in [-0.4, -0.2) is 59.7 Å². The maximum atomic E-state index is 12.8. The molecule has 0 saturated carbocycles. The quantitative estimate of drug-likeness (QED) is 0.0903. The van der Waals surface area contributed by atoms with Crippen LogP contribution in [0.5, 0.6) is 11.5 Å². The van der Waals surface area contributed by atoms with Crippen LogP contribution in [0, 0.1) is 47.9 Å². The third-order valence-corrected chi connectivity index (χ3v) is 14.6. The van der Waals surface area contributed by atoms with E-state index in [0.29, 0.717) is 53.1 Å². The number of rotatable bonds is 12. The number of nitro benzene ring substituents is 2. The fraction of sp³-hybridized carbons (Fsp3) is 0.446. The molecule has 2 unspecified atom stereocenters. The van der Waals surface area contributed by atoms with Crippen molar-refractivity contribution in [2.24, 2.45) is 0 Å². The molecule has 1 amide bonds. The fourth-order valence-corrected chi connectivity index (χ4v) is 10.6. The summed E-state index contributed by atoms with van der Waals surface area (Å²) in [4.78, 5) is 38.0. The molecule has 0 radical (unpaired) electrons. The summed E-state index contributed by atoms with van der Waals surface area (Å²) in [6.45, 7) is 18.7. The normalized spacial score (nSPS) is 18.4. The molecule has 17 heteroatoms. The van der Waals surface area contributed by atoms with Gasteiger partial charge < -0.3 is 29.2 Å². The van der Waals surface area contributed by atoms with Crippen LogP contribution in [-0.2, 0) is 40.2 Å². The van der Waals surface area contributed by atoms with E-state index in [2.05, 4.69) is 5.32 Å². The number of carbonyl (C=O) groups is 1. The van der Waals surface area contributed by atoms with E-state index in [4.69, 9.17) is 29.1 Å². The minimum absolute atomic E-state index is 0.0166. The van der Waals surface area contributed by atoms with Gasteiger partial charge in [-0.2, -0.15) is 10.2 Å². The fourth-order valence-electron chi connectivity index (χ4n) is 10.6. The predicted molar refractivity (Wildman–Crippen MR) is 279 cm³/mol. The van der Waals surface area contributed by atoms with Crippen molar-refractivity contribution in [3.63, 3.8) is 0 Å². The maximum absolute atomic E-state index is 12.8. The second-order valence-electron chi connectivity index (χ2n) is 20.9. The number of nitro groups is 2. The molecule has 6 aromatic rings. The van der Waals surface area contributed by atoms with Gasteiger partial charge in [-0.15, -0.1) is 0 Å². The van der Waals surface area contributed by atoms with Crippen molar-refractivity contribution in [3.05, 3.63) is 138 Å². The highest BCUT2D eigenvalue weighted by molar-refractivity contribution is 5.92. The Kier molecular flexibility index (Phi) is 14.2. The van der Waals surface area contributed by atoms with Crippen LogP contribution >= 0.6 is 0 Å². The first-order valence-electron chi connectivity index (χ1n) is 25.3. The largest absolute Gasteiger partial charge is 0.487 e. The van der Waals surface area contributed by atoms with Crippen LogP contribution in [0.25, 0.3) is 22.5 Å². The van der Waals surface area contributed by atoms with Gasteiger partial charge in [0.2, 0.25) is 5.91 Å². The van der Waals surface area contributed by atoms with E-state index in [1.165, 1.54) is 6.92 Å². The highest BCUT2D eigenvalue weighted by Crippen LogP contribution is 2.47. The number of fused-ring (bicyclic) bond motifs is 2. The molecule has 1 N–H and O–H groups in total. The van der Waals surface area contributed by atoms with Crippen LogP contribution in [0.15, 0.2) is 73.1 Å². The van der Waals surface area contributed by atoms with E-state index in [1.54, 1.807) is 18.7 Å². The van der Waals surface area contributed by atoms with E-state index in [1.807, 2.05) is 124 Å². The first-order chi connectivity index (χ1) is 34.8. The molecule has 0 spiro atoms. The van der Waals surface area contributed by atoms with Gasteiger partial charge in [0.1, 0.15) is 35.2 Å². The van der Waals surface area contributed by atoms with Gasteiger partial charge in [-0.25, -0.2) is 9.36 Å². The van der Waals surface area contributed by atoms with E-state index >= 15 is 0 Å². The lowest BCUT2D eigenvalue weighted by Crippen LogP contribution is -2.29. The molecule has 2 fully saturated rings. The lowest BCUT2D eigenvalue weighted by atomic mass is 9.91. The number of aromatic nitrogens is 4. The molecule has 10 rings (SSSR count). The molecular weight excluding hydrogens is 929 g/mol. The number of hydrogen-bond acceptors (Lipinski definition) is 12. The first-order valence-corrected chi connectivity index (χ1v) is 25.3. The predicted octanol–water partition coefficient (Wildman–Crippen LogP) is 12.1. The highest BCUT2D eigenvalue weighted by atomic mass is 16.6. The Labute approximate surface area is 426 Å². The SMILES string of the molecule is CC(=O)N(Cc1c2c(c(C)c(C)c1[N+](=O)[O-])OC(C)(C)C2)c1ccc(-c2ccn(C3CCCCO3)n2)cc1.Cc1c(C)c([N+](=O)[O-])c(CNc2ccc(-c3ccn(C4CCCCO4)n3)cc2)c2c1OC(C)(C)C2. The smallest absolute Gasteiger partial charge is 0.278 e. The first kappa shape index (κ1) is 50.8. The van der Waals surface area contributed by atoms with Gasteiger partial charge >= 0.3 is 0 Å². The number of carbonyl (C=O) groups excluding carboxylic acids is 1. The Morgan fingerprint density at radius 2 is 1.12 bits per heavy atom. The van der Waals surface area contributed by atoms with Gasteiger partial charge in [-0.1, -0.05) is 24.3 Å². The maximum Gasteiger partial charge on any atom is 0.278 e. The highest BCUT2D eigenvalue weighted by Gasteiger charge is 2.40. The van der Waals surface area contributed by atoms with Crippen LogP contribution < -0.4 is 19.7 Å².